The molecule has 2 rings (SSSR count). The summed E-state index contributed by atoms with van der Waals surface area (Å²) in [5.41, 5.74) is 5.66. The molecular weight excluding hydrogens is 279 g/mol. The molecule has 1 aromatic heterocycles. The molecule has 0 unspecified atom stereocenters. The van der Waals surface area contributed by atoms with Crippen LogP contribution in [0.15, 0.2) is 30.5 Å². The van der Waals surface area contributed by atoms with Gasteiger partial charge in [-0.15, -0.1) is 0 Å². The fourth-order valence-corrected chi connectivity index (χ4v) is 1.78. The van der Waals surface area contributed by atoms with Crippen LogP contribution < -0.4 is 10.5 Å². The van der Waals surface area contributed by atoms with Crippen LogP contribution in [0.2, 0.25) is 0 Å². The van der Waals surface area contributed by atoms with Crippen molar-refractivity contribution in [3.05, 3.63) is 57.5 Å². The molecule has 0 bridgehead atoms. The SMILES string of the molecule is Cc1ccnc(Oc2c(F)cccc2[N+](=O)[O-])c1C(=N)N. The summed E-state index contributed by atoms with van der Waals surface area (Å²) in [6.45, 7) is 1.67. The number of nitrogens with one attached hydrogen (secondary N) is 1. The predicted octanol–water partition coefficient (Wildman–Crippen LogP) is 2.51. The number of nitrogen functional groups attached to an aromatic ring is 1. The second-order valence-electron chi connectivity index (χ2n) is 4.17. The molecule has 0 aliphatic carbocycles. The van der Waals surface area contributed by atoms with Crippen molar-refractivity contribution < 1.29 is 14.1 Å². The molecule has 0 aliphatic heterocycles. The number of nitro groups is 1. The summed E-state index contributed by atoms with van der Waals surface area (Å²) >= 11 is 0. The molecule has 21 heavy (non-hydrogen) atoms. The molecule has 1 heterocycles. The largest absolute Gasteiger partial charge is 0.428 e. The number of amidine groups is 1. The number of aryl methyl sites for hydroxylation is 1. The van der Waals surface area contributed by atoms with E-state index in [1.807, 2.05) is 0 Å². The first-order valence-corrected chi connectivity index (χ1v) is 5.82. The van der Waals surface area contributed by atoms with Gasteiger partial charge >= 0.3 is 5.69 Å². The van der Waals surface area contributed by atoms with Crippen molar-refractivity contribution >= 4 is 11.5 Å². The third-order valence-corrected chi connectivity index (χ3v) is 2.74. The van der Waals surface area contributed by atoms with Gasteiger partial charge in [-0.05, 0) is 24.6 Å². The quantitative estimate of drug-likeness (QED) is 0.388. The summed E-state index contributed by atoms with van der Waals surface area (Å²) in [6.07, 6.45) is 1.38. The number of hydrogen-bond acceptors (Lipinski definition) is 5. The molecule has 108 valence electrons. The van der Waals surface area contributed by atoms with Crippen LogP contribution in [-0.2, 0) is 0 Å². The number of hydrogen-bond donors (Lipinski definition) is 2. The summed E-state index contributed by atoms with van der Waals surface area (Å²) in [5.74, 6) is -1.95. The molecule has 0 atom stereocenters. The van der Waals surface area contributed by atoms with Gasteiger partial charge in [-0.1, -0.05) is 6.07 Å². The second-order valence-corrected chi connectivity index (χ2v) is 4.17. The fraction of sp³-hybridized carbons (Fsp3) is 0.0769. The van der Waals surface area contributed by atoms with E-state index in [0.29, 0.717) is 5.56 Å². The van der Waals surface area contributed by atoms with Crippen LogP contribution in [0.3, 0.4) is 0 Å². The summed E-state index contributed by atoms with van der Waals surface area (Å²) in [5, 5.41) is 18.4. The number of nitrogens with zero attached hydrogens (tertiary/aromatic N) is 2. The first-order chi connectivity index (χ1) is 9.91. The standard InChI is InChI=1S/C13H11FN4O3/c1-7-5-6-17-13(10(7)12(15)16)21-11-8(14)3-2-4-9(11)18(19)20/h2-6H,1H3,(H3,15,16). The number of benzene rings is 1. The normalized spacial score (nSPS) is 10.2. The zero-order chi connectivity index (χ0) is 15.6. The summed E-state index contributed by atoms with van der Waals surface area (Å²) < 4.78 is 19.0. The Bertz CT molecular complexity index is 733. The van der Waals surface area contributed by atoms with E-state index in [-0.39, 0.29) is 17.3 Å². The molecule has 0 amide bonds. The topological polar surface area (TPSA) is 115 Å². The first kappa shape index (κ1) is 14.4. The highest BCUT2D eigenvalue weighted by Crippen LogP contribution is 2.34. The number of nitro benzene ring substituents is 1. The lowest BCUT2D eigenvalue weighted by Crippen LogP contribution is -2.15. The molecule has 1 aromatic carbocycles. The minimum atomic E-state index is -0.901. The molecule has 0 fully saturated rings. The van der Waals surface area contributed by atoms with Gasteiger partial charge in [-0.25, -0.2) is 9.37 Å². The number of halogens is 1. The highest BCUT2D eigenvalue weighted by molar-refractivity contribution is 5.98. The summed E-state index contributed by atoms with van der Waals surface area (Å²) in [6, 6.07) is 4.95. The maximum Gasteiger partial charge on any atom is 0.314 e. The van der Waals surface area contributed by atoms with Crippen molar-refractivity contribution in [2.24, 2.45) is 5.73 Å². The smallest absolute Gasteiger partial charge is 0.314 e. The summed E-state index contributed by atoms with van der Waals surface area (Å²) in [7, 11) is 0. The number of aromatic nitrogens is 1. The molecule has 8 heteroatoms. The number of ether oxygens (including phenoxy) is 1. The second kappa shape index (κ2) is 5.53. The first-order valence-electron chi connectivity index (χ1n) is 5.82. The van der Waals surface area contributed by atoms with E-state index in [2.05, 4.69) is 4.98 Å². The van der Waals surface area contributed by atoms with Gasteiger partial charge in [0.25, 0.3) is 0 Å². The van der Waals surface area contributed by atoms with Crippen LogP contribution in [0.5, 0.6) is 11.6 Å². The van der Waals surface area contributed by atoms with Crippen LogP contribution in [0.25, 0.3) is 0 Å². The Morgan fingerprint density at radius 1 is 1.48 bits per heavy atom. The number of pyridine rings is 1. The maximum absolute atomic E-state index is 13.8. The van der Waals surface area contributed by atoms with Gasteiger partial charge < -0.3 is 10.5 Å². The Morgan fingerprint density at radius 3 is 2.81 bits per heavy atom. The molecule has 0 aliphatic rings. The monoisotopic (exact) mass is 290 g/mol. The van der Waals surface area contributed by atoms with Crippen LogP contribution in [0.1, 0.15) is 11.1 Å². The Labute approximate surface area is 118 Å². The van der Waals surface area contributed by atoms with Crippen LogP contribution >= 0.6 is 0 Å². The average molecular weight is 290 g/mol. The highest BCUT2D eigenvalue weighted by Gasteiger charge is 2.22. The van der Waals surface area contributed by atoms with Crippen LogP contribution in [0, 0.1) is 28.3 Å². The Morgan fingerprint density at radius 2 is 2.19 bits per heavy atom. The van der Waals surface area contributed by atoms with E-state index in [9.17, 15) is 14.5 Å². The minimum absolute atomic E-state index is 0.157. The molecule has 0 saturated heterocycles. The van der Waals surface area contributed by atoms with Crippen molar-refractivity contribution in [2.75, 3.05) is 0 Å². The molecule has 7 nitrogen and oxygen atoms in total. The lowest BCUT2D eigenvalue weighted by molar-refractivity contribution is -0.385. The third kappa shape index (κ3) is 2.78. The number of para-hydroxylation sites is 1. The zero-order valence-electron chi connectivity index (χ0n) is 11.0. The van der Waals surface area contributed by atoms with Crippen molar-refractivity contribution in [3.63, 3.8) is 0 Å². The molecule has 3 N–H and O–H groups in total. The molecule has 0 saturated carbocycles. The maximum atomic E-state index is 13.8. The number of nitrogens with two attached hydrogens (primary N) is 1. The van der Waals surface area contributed by atoms with Gasteiger partial charge in [0, 0.05) is 12.3 Å². The number of rotatable bonds is 4. The molecule has 2 aromatic rings. The Balaban J connectivity index is 2.56. The van der Waals surface area contributed by atoms with Gasteiger partial charge in [0.05, 0.1) is 10.5 Å². The van der Waals surface area contributed by atoms with E-state index < -0.39 is 22.2 Å². The van der Waals surface area contributed by atoms with Gasteiger partial charge in [-0.3, -0.25) is 15.5 Å². The average Bonchev–Trinajstić information content (AvgIpc) is 2.40. The zero-order valence-corrected chi connectivity index (χ0v) is 11.0. The lowest BCUT2D eigenvalue weighted by Gasteiger charge is -2.11. The van der Waals surface area contributed by atoms with E-state index in [1.54, 1.807) is 13.0 Å². The van der Waals surface area contributed by atoms with Crippen molar-refractivity contribution in [1.82, 2.24) is 4.98 Å². The van der Waals surface area contributed by atoms with Gasteiger partial charge in [0.15, 0.2) is 5.82 Å². The van der Waals surface area contributed by atoms with Crippen molar-refractivity contribution in [1.29, 1.82) is 5.41 Å². The Kier molecular flexibility index (Phi) is 3.79. The van der Waals surface area contributed by atoms with E-state index in [4.69, 9.17) is 15.9 Å². The molecule has 0 spiro atoms. The Hall–Kier alpha value is -3.03. The van der Waals surface area contributed by atoms with E-state index >= 15 is 0 Å². The third-order valence-electron chi connectivity index (χ3n) is 2.74. The predicted molar refractivity (Wildman–Crippen MR) is 73.1 cm³/mol. The molecular formula is C13H11FN4O3. The molecule has 0 radical (unpaired) electrons. The summed E-state index contributed by atoms with van der Waals surface area (Å²) in [4.78, 5) is 14.0. The van der Waals surface area contributed by atoms with Crippen LogP contribution in [-0.4, -0.2) is 15.7 Å². The van der Waals surface area contributed by atoms with E-state index in [1.165, 1.54) is 12.3 Å². The van der Waals surface area contributed by atoms with E-state index in [0.717, 1.165) is 12.1 Å². The van der Waals surface area contributed by atoms with Gasteiger partial charge in [0.2, 0.25) is 11.6 Å². The minimum Gasteiger partial charge on any atom is -0.428 e. The van der Waals surface area contributed by atoms with Crippen molar-refractivity contribution in [3.8, 4) is 11.6 Å². The van der Waals surface area contributed by atoms with Gasteiger partial charge in [-0.2, -0.15) is 0 Å². The van der Waals surface area contributed by atoms with Crippen LogP contribution in [0.4, 0.5) is 10.1 Å². The lowest BCUT2D eigenvalue weighted by atomic mass is 10.1. The van der Waals surface area contributed by atoms with Gasteiger partial charge in [0.1, 0.15) is 5.84 Å². The highest BCUT2D eigenvalue weighted by atomic mass is 19.1. The fourth-order valence-electron chi connectivity index (χ4n) is 1.78. The van der Waals surface area contributed by atoms with Crippen molar-refractivity contribution in [2.45, 2.75) is 6.92 Å².